The van der Waals surface area contributed by atoms with Crippen molar-refractivity contribution in [3.05, 3.63) is 11.8 Å². The predicted octanol–water partition coefficient (Wildman–Crippen LogP) is 2.23. The third-order valence-corrected chi connectivity index (χ3v) is 3.60. The second-order valence-electron chi connectivity index (χ2n) is 4.92. The van der Waals surface area contributed by atoms with E-state index in [-0.39, 0.29) is 5.60 Å². The lowest BCUT2D eigenvalue weighted by molar-refractivity contribution is -0.00411. The zero-order chi connectivity index (χ0) is 11.4. The van der Waals surface area contributed by atoms with Crippen molar-refractivity contribution in [2.45, 2.75) is 51.2 Å². The van der Waals surface area contributed by atoms with Crippen molar-refractivity contribution in [1.82, 2.24) is 5.32 Å². The first-order valence-electron chi connectivity index (χ1n) is 6.44. The third kappa shape index (κ3) is 2.41. The smallest absolute Gasteiger partial charge is 0.0876 e. The molecule has 1 N–H and O–H groups in total. The van der Waals surface area contributed by atoms with Gasteiger partial charge in [0.05, 0.1) is 24.5 Å². The minimum Gasteiger partial charge on any atom is -0.501 e. The van der Waals surface area contributed by atoms with Gasteiger partial charge in [0.15, 0.2) is 0 Å². The van der Waals surface area contributed by atoms with Gasteiger partial charge in [-0.1, -0.05) is 6.92 Å². The molecule has 2 unspecified atom stereocenters. The van der Waals surface area contributed by atoms with Gasteiger partial charge in [0.2, 0.25) is 0 Å². The predicted molar refractivity (Wildman–Crippen MR) is 64.3 cm³/mol. The molecular weight excluding hydrogens is 202 g/mol. The van der Waals surface area contributed by atoms with Gasteiger partial charge in [-0.15, -0.1) is 0 Å². The van der Waals surface area contributed by atoms with Crippen LogP contribution in [0.25, 0.3) is 0 Å². The van der Waals surface area contributed by atoms with E-state index in [4.69, 9.17) is 9.47 Å². The van der Waals surface area contributed by atoms with E-state index in [0.717, 1.165) is 39.0 Å². The van der Waals surface area contributed by atoms with Crippen LogP contribution < -0.4 is 5.32 Å². The van der Waals surface area contributed by atoms with Crippen molar-refractivity contribution in [2.24, 2.45) is 0 Å². The van der Waals surface area contributed by atoms with Crippen LogP contribution in [0.3, 0.4) is 0 Å². The summed E-state index contributed by atoms with van der Waals surface area (Å²) in [5.41, 5.74) is 1.33. The van der Waals surface area contributed by atoms with E-state index in [1.54, 1.807) is 0 Å². The second kappa shape index (κ2) is 5.19. The number of ether oxygens (including phenoxy) is 2. The molecule has 0 aromatic rings. The molecule has 0 aliphatic carbocycles. The van der Waals surface area contributed by atoms with Crippen molar-refractivity contribution in [1.29, 1.82) is 0 Å². The molecule has 2 aliphatic heterocycles. The lowest BCUT2D eigenvalue weighted by atomic mass is 9.85. The van der Waals surface area contributed by atoms with E-state index in [1.807, 2.05) is 6.26 Å². The summed E-state index contributed by atoms with van der Waals surface area (Å²) in [6.45, 7) is 7.10. The van der Waals surface area contributed by atoms with E-state index < -0.39 is 0 Å². The summed E-state index contributed by atoms with van der Waals surface area (Å²) in [4.78, 5) is 0. The molecule has 2 heterocycles. The SMILES string of the molecule is CCNC(C1=COCCC1)C1(C)CCCO1. The molecular formula is C13H23NO2. The molecule has 0 saturated carbocycles. The molecule has 0 aromatic carbocycles. The highest BCUT2D eigenvalue weighted by atomic mass is 16.5. The van der Waals surface area contributed by atoms with Crippen molar-refractivity contribution in [3.8, 4) is 0 Å². The molecule has 3 heteroatoms. The van der Waals surface area contributed by atoms with Gasteiger partial charge in [-0.2, -0.15) is 0 Å². The molecule has 2 rings (SSSR count). The highest BCUT2D eigenvalue weighted by molar-refractivity contribution is 5.17. The van der Waals surface area contributed by atoms with Crippen LogP contribution in [0.2, 0.25) is 0 Å². The Labute approximate surface area is 98.2 Å². The lowest BCUT2D eigenvalue weighted by Gasteiger charge is -2.36. The zero-order valence-corrected chi connectivity index (χ0v) is 10.4. The van der Waals surface area contributed by atoms with E-state index in [1.165, 1.54) is 12.0 Å². The Balaban J connectivity index is 2.12. The molecule has 2 aliphatic rings. The molecule has 1 saturated heterocycles. The number of rotatable bonds is 4. The minimum atomic E-state index is -0.0391. The van der Waals surface area contributed by atoms with E-state index in [2.05, 4.69) is 19.2 Å². The first-order chi connectivity index (χ1) is 7.76. The fourth-order valence-electron chi connectivity index (χ4n) is 2.77. The quantitative estimate of drug-likeness (QED) is 0.796. The molecule has 0 radical (unpaired) electrons. The summed E-state index contributed by atoms with van der Waals surface area (Å²) in [5.74, 6) is 0. The summed E-state index contributed by atoms with van der Waals surface area (Å²) in [6.07, 6.45) is 6.53. The molecule has 16 heavy (non-hydrogen) atoms. The van der Waals surface area contributed by atoms with Crippen LogP contribution in [0.4, 0.5) is 0 Å². The van der Waals surface area contributed by atoms with Crippen LogP contribution in [-0.2, 0) is 9.47 Å². The highest BCUT2D eigenvalue weighted by Gasteiger charge is 2.40. The summed E-state index contributed by atoms with van der Waals surface area (Å²) in [7, 11) is 0. The van der Waals surface area contributed by atoms with Crippen LogP contribution in [0.5, 0.6) is 0 Å². The van der Waals surface area contributed by atoms with Crippen molar-refractivity contribution in [3.63, 3.8) is 0 Å². The number of hydrogen-bond donors (Lipinski definition) is 1. The van der Waals surface area contributed by atoms with Gasteiger partial charge in [0, 0.05) is 6.61 Å². The molecule has 0 aromatic heterocycles. The summed E-state index contributed by atoms with van der Waals surface area (Å²) in [5, 5.41) is 3.56. The van der Waals surface area contributed by atoms with Gasteiger partial charge in [0.1, 0.15) is 0 Å². The van der Waals surface area contributed by atoms with Gasteiger partial charge >= 0.3 is 0 Å². The summed E-state index contributed by atoms with van der Waals surface area (Å²) >= 11 is 0. The fraction of sp³-hybridized carbons (Fsp3) is 0.846. The Hall–Kier alpha value is -0.540. The minimum absolute atomic E-state index is 0.0391. The largest absolute Gasteiger partial charge is 0.501 e. The number of hydrogen-bond acceptors (Lipinski definition) is 3. The first-order valence-corrected chi connectivity index (χ1v) is 6.44. The topological polar surface area (TPSA) is 30.5 Å². The van der Waals surface area contributed by atoms with Gasteiger partial charge in [-0.25, -0.2) is 0 Å². The Morgan fingerprint density at radius 2 is 2.31 bits per heavy atom. The van der Waals surface area contributed by atoms with E-state index in [9.17, 15) is 0 Å². The first kappa shape index (κ1) is 11.9. The van der Waals surface area contributed by atoms with Crippen LogP contribution >= 0.6 is 0 Å². The van der Waals surface area contributed by atoms with Crippen molar-refractivity contribution < 1.29 is 9.47 Å². The highest BCUT2D eigenvalue weighted by Crippen LogP contribution is 2.34. The maximum atomic E-state index is 5.95. The Kier molecular flexibility index (Phi) is 3.87. The molecule has 0 amide bonds. The Morgan fingerprint density at radius 3 is 2.88 bits per heavy atom. The van der Waals surface area contributed by atoms with Crippen LogP contribution in [-0.4, -0.2) is 31.4 Å². The molecule has 92 valence electrons. The lowest BCUT2D eigenvalue weighted by Crippen LogP contribution is -2.50. The van der Waals surface area contributed by atoms with Gasteiger partial charge in [-0.05, 0) is 44.7 Å². The maximum Gasteiger partial charge on any atom is 0.0876 e. The van der Waals surface area contributed by atoms with Crippen LogP contribution in [0, 0.1) is 0 Å². The summed E-state index contributed by atoms with van der Waals surface area (Å²) in [6, 6.07) is 0.320. The van der Waals surface area contributed by atoms with E-state index >= 15 is 0 Å². The zero-order valence-electron chi connectivity index (χ0n) is 10.4. The van der Waals surface area contributed by atoms with Crippen LogP contribution in [0.1, 0.15) is 39.5 Å². The Bertz CT molecular complexity index is 257. The average Bonchev–Trinajstić information content (AvgIpc) is 2.75. The monoisotopic (exact) mass is 225 g/mol. The van der Waals surface area contributed by atoms with Crippen molar-refractivity contribution >= 4 is 0 Å². The molecule has 1 fully saturated rings. The van der Waals surface area contributed by atoms with E-state index in [0.29, 0.717) is 6.04 Å². The Morgan fingerprint density at radius 1 is 1.44 bits per heavy atom. The fourth-order valence-corrected chi connectivity index (χ4v) is 2.77. The molecule has 3 nitrogen and oxygen atoms in total. The standard InChI is InChI=1S/C13H23NO2/c1-3-14-12(11-6-4-8-15-10-11)13(2)7-5-9-16-13/h10,12,14H,3-9H2,1-2H3. The summed E-state index contributed by atoms with van der Waals surface area (Å²) < 4.78 is 11.4. The van der Waals surface area contributed by atoms with Gasteiger partial charge in [0.25, 0.3) is 0 Å². The average molecular weight is 225 g/mol. The molecule has 0 spiro atoms. The van der Waals surface area contributed by atoms with Crippen molar-refractivity contribution in [2.75, 3.05) is 19.8 Å². The van der Waals surface area contributed by atoms with Gasteiger partial charge < -0.3 is 14.8 Å². The molecule has 0 bridgehead atoms. The second-order valence-corrected chi connectivity index (χ2v) is 4.92. The third-order valence-electron chi connectivity index (χ3n) is 3.60. The number of nitrogens with one attached hydrogen (secondary N) is 1. The van der Waals surface area contributed by atoms with Gasteiger partial charge in [-0.3, -0.25) is 0 Å². The normalized spacial score (nSPS) is 32.0. The van der Waals surface area contributed by atoms with Crippen LogP contribution in [0.15, 0.2) is 11.8 Å². The maximum absolute atomic E-state index is 5.95. The number of likely N-dealkylation sites (N-methyl/N-ethyl adjacent to an activating group) is 1. The molecule has 2 atom stereocenters.